The number of hydrogen-bond donors (Lipinski definition) is 2. The Labute approximate surface area is 240 Å². The Morgan fingerprint density at radius 2 is 1.85 bits per heavy atom. The van der Waals surface area contributed by atoms with Crippen LogP contribution in [-0.2, 0) is 11.4 Å². The van der Waals surface area contributed by atoms with Crippen molar-refractivity contribution in [3.63, 3.8) is 0 Å². The minimum atomic E-state index is -0.652. The van der Waals surface area contributed by atoms with E-state index in [1.807, 2.05) is 75.4 Å². The molecule has 1 atom stereocenters. The van der Waals surface area contributed by atoms with Gasteiger partial charge < -0.3 is 24.8 Å². The lowest BCUT2D eigenvalue weighted by atomic mass is 9.94. The van der Waals surface area contributed by atoms with Crippen molar-refractivity contribution in [2.75, 3.05) is 24.4 Å². The van der Waals surface area contributed by atoms with E-state index in [2.05, 4.69) is 42.1 Å². The summed E-state index contributed by atoms with van der Waals surface area (Å²) >= 11 is 3.67. The molecule has 0 saturated carbocycles. The number of anilines is 2. The summed E-state index contributed by atoms with van der Waals surface area (Å²) in [7, 11) is 1.58. The molecule has 40 heavy (non-hydrogen) atoms. The van der Waals surface area contributed by atoms with E-state index in [0.29, 0.717) is 57.8 Å². The van der Waals surface area contributed by atoms with Gasteiger partial charge in [0.05, 0.1) is 29.4 Å². The molecule has 0 bridgehead atoms. The highest BCUT2D eigenvalue weighted by molar-refractivity contribution is 9.10. The van der Waals surface area contributed by atoms with Crippen LogP contribution in [0.2, 0.25) is 0 Å². The van der Waals surface area contributed by atoms with Gasteiger partial charge in [-0.1, -0.05) is 41.5 Å². The van der Waals surface area contributed by atoms with Crippen molar-refractivity contribution in [2.24, 2.45) is 0 Å². The maximum atomic E-state index is 13.8. The molecule has 0 saturated heterocycles. The van der Waals surface area contributed by atoms with Crippen LogP contribution in [0.3, 0.4) is 0 Å². The molecule has 1 unspecified atom stereocenters. The summed E-state index contributed by atoms with van der Waals surface area (Å²) < 4.78 is 19.9. The molecule has 0 radical (unpaired) electrons. The van der Waals surface area contributed by atoms with Gasteiger partial charge in [-0.2, -0.15) is 4.68 Å². The minimum absolute atomic E-state index is 0.321. The molecule has 2 N–H and O–H groups in total. The Morgan fingerprint density at radius 3 is 2.62 bits per heavy atom. The van der Waals surface area contributed by atoms with Crippen molar-refractivity contribution in [1.29, 1.82) is 0 Å². The van der Waals surface area contributed by atoms with E-state index in [1.165, 1.54) is 0 Å². The van der Waals surface area contributed by atoms with Crippen LogP contribution in [0.25, 0.3) is 0 Å². The number of nitrogens with one attached hydrogen (secondary N) is 2. The van der Waals surface area contributed by atoms with Crippen molar-refractivity contribution >= 4 is 33.5 Å². The highest BCUT2D eigenvalue weighted by Crippen LogP contribution is 2.43. The van der Waals surface area contributed by atoms with Gasteiger partial charge in [-0.25, -0.2) is 0 Å². The molecule has 2 heterocycles. The summed E-state index contributed by atoms with van der Waals surface area (Å²) in [5, 5.41) is 18.3. The molecular weight excluding hydrogens is 576 g/mol. The topological polar surface area (TPSA) is 112 Å². The summed E-state index contributed by atoms with van der Waals surface area (Å²) in [4.78, 5) is 13.8. The lowest BCUT2D eigenvalue weighted by molar-refractivity contribution is -0.113. The lowest BCUT2D eigenvalue weighted by Gasteiger charge is -2.29. The number of hydrogen-bond acceptors (Lipinski definition) is 8. The zero-order valence-corrected chi connectivity index (χ0v) is 24.2. The van der Waals surface area contributed by atoms with Crippen molar-refractivity contribution in [3.05, 3.63) is 93.1 Å². The molecule has 11 heteroatoms. The molecule has 0 fully saturated rings. The second-order valence-electron chi connectivity index (χ2n) is 9.15. The first-order valence-corrected chi connectivity index (χ1v) is 13.5. The molecular formula is C29H29BrN6O4. The fourth-order valence-corrected chi connectivity index (χ4v) is 5.19. The molecule has 4 aromatic rings. The predicted octanol–water partition coefficient (Wildman–Crippen LogP) is 5.66. The van der Waals surface area contributed by atoms with E-state index in [9.17, 15) is 4.79 Å². The number of ether oxygens (including phenoxy) is 3. The Morgan fingerprint density at radius 1 is 1.07 bits per heavy atom. The van der Waals surface area contributed by atoms with Gasteiger partial charge in [-0.3, -0.25) is 4.79 Å². The van der Waals surface area contributed by atoms with Crippen LogP contribution in [0.4, 0.5) is 11.6 Å². The van der Waals surface area contributed by atoms with E-state index in [4.69, 9.17) is 14.2 Å². The maximum Gasteiger partial charge on any atom is 0.255 e. The summed E-state index contributed by atoms with van der Waals surface area (Å²) in [6.45, 7) is 6.60. The molecule has 5 rings (SSSR count). The number of allylic oxidation sites excluding steroid dienone is 1. The van der Waals surface area contributed by atoms with Crippen LogP contribution in [0, 0.1) is 6.92 Å². The summed E-state index contributed by atoms with van der Waals surface area (Å²) in [6, 6.07) is 18.4. The molecule has 10 nitrogen and oxygen atoms in total. The number of para-hydroxylation sites is 2. The van der Waals surface area contributed by atoms with Crippen molar-refractivity contribution in [2.45, 2.75) is 33.4 Å². The number of methoxy groups -OCH3 is 1. The van der Waals surface area contributed by atoms with Crippen LogP contribution in [-0.4, -0.2) is 39.8 Å². The van der Waals surface area contributed by atoms with E-state index >= 15 is 0 Å². The van der Waals surface area contributed by atoms with Crippen LogP contribution < -0.4 is 24.8 Å². The summed E-state index contributed by atoms with van der Waals surface area (Å²) in [6.07, 6.45) is 0. The third kappa shape index (κ3) is 5.37. The Balaban J connectivity index is 1.52. The predicted molar refractivity (Wildman–Crippen MR) is 155 cm³/mol. The number of fused-ring (bicyclic) bond motifs is 1. The van der Waals surface area contributed by atoms with Gasteiger partial charge >= 0.3 is 0 Å². The second kappa shape index (κ2) is 11.8. The fraction of sp³-hybridized carbons (Fsp3) is 0.241. The van der Waals surface area contributed by atoms with Crippen LogP contribution in [0.1, 0.15) is 36.6 Å². The number of carbonyl (C=O) groups is 1. The largest absolute Gasteiger partial charge is 0.493 e. The number of aryl methyl sites for hydroxylation is 1. The smallest absolute Gasteiger partial charge is 0.255 e. The zero-order valence-electron chi connectivity index (χ0n) is 22.6. The summed E-state index contributed by atoms with van der Waals surface area (Å²) in [5.74, 6) is 1.74. The molecule has 1 aliphatic rings. The quantitative estimate of drug-likeness (QED) is 0.252. The number of benzene rings is 3. The van der Waals surface area contributed by atoms with Gasteiger partial charge in [-0.15, -0.1) is 0 Å². The number of aromatic nitrogens is 4. The first-order chi connectivity index (χ1) is 19.4. The standard InChI is InChI=1S/C29H29BrN6O4/c1-5-39-23-13-9-8-12-22(23)32-28(37)25-18(3)31-29-33-34-35-36(29)26(25)20-14-21(30)27(24(15-20)38-4)40-16-19-11-7-6-10-17(19)2/h6-15,26H,5,16H2,1-4H3,(H,32,37)(H,31,33,35). The highest BCUT2D eigenvalue weighted by Gasteiger charge is 2.35. The van der Waals surface area contributed by atoms with Crippen LogP contribution in [0.5, 0.6) is 17.2 Å². The normalized spacial score (nSPS) is 14.3. The zero-order chi connectivity index (χ0) is 28.2. The summed E-state index contributed by atoms with van der Waals surface area (Å²) in [5.41, 5.74) is 4.56. The highest BCUT2D eigenvalue weighted by atomic mass is 79.9. The van der Waals surface area contributed by atoms with E-state index in [0.717, 1.165) is 16.7 Å². The first kappa shape index (κ1) is 27.2. The minimum Gasteiger partial charge on any atom is -0.493 e. The average molecular weight is 605 g/mol. The van der Waals surface area contributed by atoms with Gasteiger partial charge in [0.2, 0.25) is 5.95 Å². The maximum absolute atomic E-state index is 13.8. The van der Waals surface area contributed by atoms with E-state index in [1.54, 1.807) is 17.9 Å². The number of halogens is 1. The number of carbonyl (C=O) groups excluding carboxylic acids is 1. The number of nitrogens with zero attached hydrogens (tertiary/aromatic N) is 4. The van der Waals surface area contributed by atoms with Gasteiger partial charge in [0.1, 0.15) is 18.4 Å². The molecule has 1 amide bonds. The van der Waals surface area contributed by atoms with Gasteiger partial charge in [0.15, 0.2) is 11.5 Å². The SMILES string of the molecule is CCOc1ccccc1NC(=O)C1=C(C)Nc2nnnn2C1c1cc(Br)c(OCc2ccccc2C)c(OC)c1. The first-order valence-electron chi connectivity index (χ1n) is 12.7. The molecule has 1 aromatic heterocycles. The molecule has 0 aliphatic carbocycles. The number of tetrazole rings is 1. The third-order valence-corrected chi connectivity index (χ3v) is 7.18. The fourth-order valence-electron chi connectivity index (χ4n) is 4.62. The molecule has 3 aromatic carbocycles. The van der Waals surface area contributed by atoms with Crippen molar-refractivity contribution in [1.82, 2.24) is 20.2 Å². The van der Waals surface area contributed by atoms with Gasteiger partial charge in [-0.05, 0) is 88.1 Å². The lowest BCUT2D eigenvalue weighted by Crippen LogP contribution is -2.31. The van der Waals surface area contributed by atoms with Crippen molar-refractivity contribution < 1.29 is 19.0 Å². The second-order valence-corrected chi connectivity index (χ2v) is 10.0. The van der Waals surface area contributed by atoms with E-state index < -0.39 is 6.04 Å². The monoisotopic (exact) mass is 604 g/mol. The Bertz CT molecular complexity index is 1580. The van der Waals surface area contributed by atoms with Crippen LogP contribution in [0.15, 0.2) is 76.4 Å². The van der Waals surface area contributed by atoms with Gasteiger partial charge in [0, 0.05) is 5.70 Å². The molecule has 1 aliphatic heterocycles. The van der Waals surface area contributed by atoms with E-state index in [-0.39, 0.29) is 5.91 Å². The van der Waals surface area contributed by atoms with Gasteiger partial charge in [0.25, 0.3) is 5.91 Å². The van der Waals surface area contributed by atoms with Crippen molar-refractivity contribution in [3.8, 4) is 17.2 Å². The Kier molecular flexibility index (Phi) is 8.01. The Hall–Kier alpha value is -4.38. The average Bonchev–Trinajstić information content (AvgIpc) is 3.41. The molecule has 0 spiro atoms. The number of amides is 1. The third-order valence-electron chi connectivity index (χ3n) is 6.59. The number of rotatable bonds is 9. The van der Waals surface area contributed by atoms with Crippen LogP contribution >= 0.6 is 15.9 Å². The molecule has 206 valence electrons.